The van der Waals surface area contributed by atoms with E-state index in [9.17, 15) is 4.79 Å². The smallest absolute Gasteiger partial charge is 0.238 e. The molecule has 0 fully saturated rings. The van der Waals surface area contributed by atoms with Crippen LogP contribution in [-0.4, -0.2) is 12.5 Å². The van der Waals surface area contributed by atoms with E-state index in [-0.39, 0.29) is 18.5 Å². The number of nitrogens with one attached hydrogen (secondary N) is 2. The van der Waals surface area contributed by atoms with Crippen LogP contribution in [0.4, 0.5) is 5.69 Å². The van der Waals surface area contributed by atoms with Gasteiger partial charge in [-0.15, -0.1) is 0 Å². The minimum absolute atomic E-state index is 0.0358. The summed E-state index contributed by atoms with van der Waals surface area (Å²) in [5, 5.41) is 6.99. The van der Waals surface area contributed by atoms with Crippen molar-refractivity contribution in [1.29, 1.82) is 0 Å². The standard InChI is InChI=1S/C19H23ClN2O/c1-3-14-8-5-6-11-18(14)22-19(23)13-21-17(4-2)15-9-7-10-16(20)12-15/h5-12,17,21H,3-4,13H2,1-2H3,(H,22,23). The minimum atomic E-state index is -0.0358. The van der Waals surface area contributed by atoms with Crippen LogP contribution in [0.2, 0.25) is 5.02 Å². The molecule has 0 saturated heterocycles. The van der Waals surface area contributed by atoms with Gasteiger partial charge < -0.3 is 10.6 Å². The van der Waals surface area contributed by atoms with Gasteiger partial charge in [-0.2, -0.15) is 0 Å². The van der Waals surface area contributed by atoms with Gasteiger partial charge in [-0.3, -0.25) is 4.79 Å². The molecule has 1 atom stereocenters. The van der Waals surface area contributed by atoms with Crippen LogP contribution in [0.25, 0.3) is 0 Å². The SMILES string of the molecule is CCc1ccccc1NC(=O)CNC(CC)c1cccc(Cl)c1. The molecular weight excluding hydrogens is 308 g/mol. The van der Waals surface area contributed by atoms with Gasteiger partial charge in [0.25, 0.3) is 0 Å². The second-order valence-corrected chi connectivity index (χ2v) is 5.89. The molecule has 0 aliphatic rings. The van der Waals surface area contributed by atoms with E-state index < -0.39 is 0 Å². The molecule has 4 heteroatoms. The van der Waals surface area contributed by atoms with Crippen molar-refractivity contribution < 1.29 is 4.79 Å². The minimum Gasteiger partial charge on any atom is -0.325 e. The molecule has 1 amide bonds. The van der Waals surface area contributed by atoms with Gasteiger partial charge in [0.05, 0.1) is 6.54 Å². The molecule has 2 aromatic carbocycles. The summed E-state index contributed by atoms with van der Waals surface area (Å²) in [4.78, 5) is 12.2. The molecule has 0 heterocycles. The van der Waals surface area contributed by atoms with E-state index in [0.717, 1.165) is 29.7 Å². The average molecular weight is 331 g/mol. The second kappa shape index (κ2) is 8.70. The molecule has 0 aliphatic carbocycles. The third-order valence-electron chi connectivity index (χ3n) is 3.84. The maximum atomic E-state index is 12.2. The molecule has 0 radical (unpaired) electrons. The molecule has 0 bridgehead atoms. The highest BCUT2D eigenvalue weighted by molar-refractivity contribution is 6.30. The summed E-state index contributed by atoms with van der Waals surface area (Å²) in [6.45, 7) is 4.43. The highest BCUT2D eigenvalue weighted by Crippen LogP contribution is 2.20. The lowest BCUT2D eigenvalue weighted by molar-refractivity contribution is -0.115. The van der Waals surface area contributed by atoms with Gasteiger partial charge in [0, 0.05) is 16.8 Å². The van der Waals surface area contributed by atoms with Gasteiger partial charge >= 0.3 is 0 Å². The molecule has 2 aromatic rings. The fourth-order valence-electron chi connectivity index (χ4n) is 2.58. The monoisotopic (exact) mass is 330 g/mol. The first-order valence-corrected chi connectivity index (χ1v) is 8.38. The van der Waals surface area contributed by atoms with Gasteiger partial charge in [-0.1, -0.05) is 55.8 Å². The number of para-hydroxylation sites is 1. The topological polar surface area (TPSA) is 41.1 Å². The Hall–Kier alpha value is -1.84. The maximum Gasteiger partial charge on any atom is 0.238 e. The quantitative estimate of drug-likeness (QED) is 0.780. The molecule has 2 N–H and O–H groups in total. The van der Waals surface area contributed by atoms with Gasteiger partial charge in [0.1, 0.15) is 0 Å². The number of hydrogen-bond acceptors (Lipinski definition) is 2. The molecule has 0 saturated carbocycles. The van der Waals surface area contributed by atoms with Crippen molar-refractivity contribution in [3.63, 3.8) is 0 Å². The Kier molecular flexibility index (Phi) is 6.63. The highest BCUT2D eigenvalue weighted by Gasteiger charge is 2.12. The van der Waals surface area contributed by atoms with E-state index in [0.29, 0.717) is 5.02 Å². The van der Waals surface area contributed by atoms with E-state index in [1.807, 2.05) is 48.5 Å². The summed E-state index contributed by atoms with van der Waals surface area (Å²) < 4.78 is 0. The molecule has 3 nitrogen and oxygen atoms in total. The number of carbonyl (C=O) groups is 1. The zero-order valence-corrected chi connectivity index (χ0v) is 14.4. The number of anilines is 1. The number of halogens is 1. The summed E-state index contributed by atoms with van der Waals surface area (Å²) in [5.74, 6) is -0.0358. The van der Waals surface area contributed by atoms with Gasteiger partial charge in [0.2, 0.25) is 5.91 Å². The van der Waals surface area contributed by atoms with E-state index in [2.05, 4.69) is 24.5 Å². The van der Waals surface area contributed by atoms with Crippen molar-refractivity contribution >= 4 is 23.2 Å². The summed E-state index contributed by atoms with van der Waals surface area (Å²) in [6, 6.07) is 15.7. The molecule has 0 aliphatic heterocycles. The van der Waals surface area contributed by atoms with Crippen LogP contribution in [0.15, 0.2) is 48.5 Å². The van der Waals surface area contributed by atoms with Crippen LogP contribution in [0, 0.1) is 0 Å². The number of aryl methyl sites for hydroxylation is 1. The molecule has 0 aromatic heterocycles. The van der Waals surface area contributed by atoms with Crippen LogP contribution in [0.1, 0.15) is 37.4 Å². The third-order valence-corrected chi connectivity index (χ3v) is 4.08. The van der Waals surface area contributed by atoms with E-state index in [1.165, 1.54) is 0 Å². The molecule has 1 unspecified atom stereocenters. The molecule has 122 valence electrons. The van der Waals surface area contributed by atoms with E-state index >= 15 is 0 Å². The predicted molar refractivity (Wildman–Crippen MR) is 96.9 cm³/mol. The number of amides is 1. The molecule has 0 spiro atoms. The first-order chi connectivity index (χ1) is 11.1. The summed E-state index contributed by atoms with van der Waals surface area (Å²) in [5.41, 5.74) is 3.13. The number of benzene rings is 2. The van der Waals surface area contributed by atoms with Crippen LogP contribution in [0.3, 0.4) is 0 Å². The Balaban J connectivity index is 1.95. The Morgan fingerprint density at radius 3 is 2.61 bits per heavy atom. The first kappa shape index (κ1) is 17.5. The van der Waals surface area contributed by atoms with Crippen LogP contribution >= 0.6 is 11.6 Å². The van der Waals surface area contributed by atoms with Gasteiger partial charge in [0.15, 0.2) is 0 Å². The fraction of sp³-hybridized carbons (Fsp3) is 0.316. The van der Waals surface area contributed by atoms with Gasteiger partial charge in [-0.05, 0) is 42.2 Å². The Morgan fingerprint density at radius 2 is 1.91 bits per heavy atom. The van der Waals surface area contributed by atoms with Crippen LogP contribution < -0.4 is 10.6 Å². The number of carbonyl (C=O) groups excluding carboxylic acids is 1. The highest BCUT2D eigenvalue weighted by atomic mass is 35.5. The van der Waals surface area contributed by atoms with Gasteiger partial charge in [-0.25, -0.2) is 0 Å². The van der Waals surface area contributed by atoms with Crippen molar-refractivity contribution in [2.45, 2.75) is 32.7 Å². The molecule has 23 heavy (non-hydrogen) atoms. The molecular formula is C19H23ClN2O. The van der Waals surface area contributed by atoms with E-state index in [1.54, 1.807) is 0 Å². The lowest BCUT2D eigenvalue weighted by atomic mass is 10.0. The summed E-state index contributed by atoms with van der Waals surface area (Å²) >= 11 is 6.04. The number of rotatable bonds is 7. The summed E-state index contributed by atoms with van der Waals surface area (Å²) in [6.07, 6.45) is 1.78. The Morgan fingerprint density at radius 1 is 1.13 bits per heavy atom. The van der Waals surface area contributed by atoms with Crippen molar-refractivity contribution in [1.82, 2.24) is 5.32 Å². The fourth-order valence-corrected chi connectivity index (χ4v) is 2.78. The predicted octanol–water partition coefficient (Wildman–Crippen LogP) is 4.58. The zero-order chi connectivity index (χ0) is 16.7. The van der Waals surface area contributed by atoms with Crippen LogP contribution in [0.5, 0.6) is 0 Å². The third kappa shape index (κ3) is 5.08. The zero-order valence-electron chi connectivity index (χ0n) is 13.6. The second-order valence-electron chi connectivity index (χ2n) is 5.46. The van der Waals surface area contributed by atoms with Crippen molar-refractivity contribution in [2.75, 3.05) is 11.9 Å². The van der Waals surface area contributed by atoms with E-state index in [4.69, 9.17) is 11.6 Å². The van der Waals surface area contributed by atoms with Crippen molar-refractivity contribution in [2.24, 2.45) is 0 Å². The summed E-state index contributed by atoms with van der Waals surface area (Å²) in [7, 11) is 0. The van der Waals surface area contributed by atoms with Crippen molar-refractivity contribution in [3.8, 4) is 0 Å². The first-order valence-electron chi connectivity index (χ1n) is 8.00. The Labute approximate surface area is 143 Å². The van der Waals surface area contributed by atoms with Crippen molar-refractivity contribution in [3.05, 3.63) is 64.7 Å². The lowest BCUT2D eigenvalue weighted by Gasteiger charge is -2.18. The number of hydrogen-bond donors (Lipinski definition) is 2. The lowest BCUT2D eigenvalue weighted by Crippen LogP contribution is -2.31. The normalized spacial score (nSPS) is 12.0. The largest absolute Gasteiger partial charge is 0.325 e. The average Bonchev–Trinajstić information content (AvgIpc) is 2.56. The molecule has 2 rings (SSSR count). The van der Waals surface area contributed by atoms with Crippen LogP contribution in [-0.2, 0) is 11.2 Å². The Bertz CT molecular complexity index is 657. The maximum absolute atomic E-state index is 12.2.